The number of carboxylic acid groups (broad SMARTS) is 1. The molecule has 0 bridgehead atoms. The number of carbonyl (C=O) groups excluding carboxylic acids is 1. The third-order valence-electron chi connectivity index (χ3n) is 3.01. The van der Waals surface area contributed by atoms with Crippen LogP contribution < -0.4 is 5.32 Å². The molecule has 5 nitrogen and oxygen atoms in total. The van der Waals surface area contributed by atoms with Crippen LogP contribution in [0.25, 0.3) is 0 Å². The average molecular weight is 243 g/mol. The van der Waals surface area contributed by atoms with E-state index in [0.29, 0.717) is 19.3 Å². The Kier molecular flexibility index (Phi) is 5.97. The van der Waals surface area contributed by atoms with Gasteiger partial charge in [0.1, 0.15) is 6.04 Å². The van der Waals surface area contributed by atoms with Gasteiger partial charge in [0, 0.05) is 13.0 Å². The predicted molar refractivity (Wildman–Crippen MR) is 62.7 cm³/mol. The lowest BCUT2D eigenvalue weighted by Crippen LogP contribution is -2.40. The quantitative estimate of drug-likeness (QED) is 0.737. The molecule has 1 unspecified atom stereocenters. The molecule has 2 N–H and O–H groups in total. The zero-order valence-corrected chi connectivity index (χ0v) is 10.3. The topological polar surface area (TPSA) is 75.6 Å². The average Bonchev–Trinajstić information content (AvgIpc) is 2.34. The van der Waals surface area contributed by atoms with Crippen LogP contribution in [0.2, 0.25) is 0 Å². The van der Waals surface area contributed by atoms with E-state index in [0.717, 1.165) is 25.9 Å². The molecule has 0 spiro atoms. The molecule has 0 saturated carbocycles. The molecule has 98 valence electrons. The third-order valence-corrected chi connectivity index (χ3v) is 3.01. The van der Waals surface area contributed by atoms with Crippen molar-refractivity contribution in [3.05, 3.63) is 0 Å². The van der Waals surface area contributed by atoms with Crippen molar-refractivity contribution in [1.82, 2.24) is 5.32 Å². The highest BCUT2D eigenvalue weighted by molar-refractivity contribution is 5.83. The van der Waals surface area contributed by atoms with Crippen molar-refractivity contribution in [3.8, 4) is 0 Å². The molecular formula is C12H21NO4. The lowest BCUT2D eigenvalue weighted by atomic mass is 10.0. The van der Waals surface area contributed by atoms with Crippen molar-refractivity contribution in [2.24, 2.45) is 0 Å². The number of ether oxygens (including phenoxy) is 1. The summed E-state index contributed by atoms with van der Waals surface area (Å²) in [6, 6.07) is -0.769. The lowest BCUT2D eigenvalue weighted by molar-refractivity contribution is -0.142. The van der Waals surface area contributed by atoms with E-state index in [4.69, 9.17) is 9.84 Å². The summed E-state index contributed by atoms with van der Waals surface area (Å²) in [5.74, 6) is -1.18. The van der Waals surface area contributed by atoms with Crippen LogP contribution in [0.4, 0.5) is 0 Å². The van der Waals surface area contributed by atoms with E-state index < -0.39 is 12.0 Å². The number of nitrogens with one attached hydrogen (secondary N) is 1. The Hall–Kier alpha value is -1.10. The fraction of sp³-hybridized carbons (Fsp3) is 0.833. The van der Waals surface area contributed by atoms with E-state index in [9.17, 15) is 9.59 Å². The zero-order chi connectivity index (χ0) is 12.7. The molecule has 1 aliphatic rings. The summed E-state index contributed by atoms with van der Waals surface area (Å²) in [5.41, 5.74) is 0. The van der Waals surface area contributed by atoms with Gasteiger partial charge in [-0.05, 0) is 32.1 Å². The highest BCUT2D eigenvalue weighted by atomic mass is 16.5. The van der Waals surface area contributed by atoms with Crippen molar-refractivity contribution in [2.45, 2.75) is 57.6 Å². The Labute approximate surface area is 102 Å². The normalized spacial score (nSPS) is 21.8. The monoisotopic (exact) mass is 243 g/mol. The van der Waals surface area contributed by atoms with Gasteiger partial charge in [-0.15, -0.1) is 0 Å². The minimum absolute atomic E-state index is 0.166. The lowest BCUT2D eigenvalue weighted by Gasteiger charge is -2.22. The number of amides is 1. The van der Waals surface area contributed by atoms with E-state index in [1.165, 1.54) is 0 Å². The maximum atomic E-state index is 11.5. The van der Waals surface area contributed by atoms with Crippen molar-refractivity contribution in [2.75, 3.05) is 6.61 Å². The summed E-state index contributed by atoms with van der Waals surface area (Å²) in [4.78, 5) is 22.3. The van der Waals surface area contributed by atoms with Gasteiger partial charge in [0.05, 0.1) is 6.10 Å². The molecule has 1 amide bonds. The first kappa shape index (κ1) is 14.0. The Bertz CT molecular complexity index is 261. The summed E-state index contributed by atoms with van der Waals surface area (Å²) >= 11 is 0. The second-order valence-electron chi connectivity index (χ2n) is 4.39. The standard InChI is InChI=1S/C12H21NO4/c1-2-10(12(15)16)13-11(14)7-6-9-5-3-4-8-17-9/h9-10H,2-8H2,1H3,(H,13,14)(H,15,16)/t9?,10-/m0/s1. The molecule has 1 fully saturated rings. The maximum absolute atomic E-state index is 11.5. The highest BCUT2D eigenvalue weighted by Gasteiger charge is 2.19. The molecule has 1 heterocycles. The van der Waals surface area contributed by atoms with E-state index in [2.05, 4.69) is 5.32 Å². The fourth-order valence-corrected chi connectivity index (χ4v) is 1.93. The molecule has 2 atom stereocenters. The van der Waals surface area contributed by atoms with Crippen LogP contribution in [0.1, 0.15) is 45.4 Å². The minimum atomic E-state index is -0.977. The number of carboxylic acids is 1. The minimum Gasteiger partial charge on any atom is -0.480 e. The van der Waals surface area contributed by atoms with E-state index in [1.807, 2.05) is 0 Å². The Morgan fingerprint density at radius 1 is 1.47 bits per heavy atom. The molecule has 5 heteroatoms. The Balaban J connectivity index is 2.21. The van der Waals surface area contributed by atoms with E-state index in [-0.39, 0.29) is 12.0 Å². The second-order valence-corrected chi connectivity index (χ2v) is 4.39. The summed E-state index contributed by atoms with van der Waals surface area (Å²) in [7, 11) is 0. The van der Waals surface area contributed by atoms with Crippen molar-refractivity contribution in [3.63, 3.8) is 0 Å². The van der Waals surface area contributed by atoms with Gasteiger partial charge in [0.2, 0.25) is 5.91 Å². The molecular weight excluding hydrogens is 222 g/mol. The van der Waals surface area contributed by atoms with Crippen molar-refractivity contribution < 1.29 is 19.4 Å². The van der Waals surface area contributed by atoms with Crippen LogP contribution in [-0.4, -0.2) is 35.7 Å². The van der Waals surface area contributed by atoms with Gasteiger partial charge < -0.3 is 15.2 Å². The van der Waals surface area contributed by atoms with Crippen LogP contribution in [0.5, 0.6) is 0 Å². The second kappa shape index (κ2) is 7.27. The molecule has 0 aromatic heterocycles. The molecule has 0 aromatic carbocycles. The van der Waals surface area contributed by atoms with Crippen LogP contribution in [0, 0.1) is 0 Å². The fourth-order valence-electron chi connectivity index (χ4n) is 1.93. The van der Waals surface area contributed by atoms with Crippen LogP contribution in [-0.2, 0) is 14.3 Å². The molecule has 1 aliphatic heterocycles. The highest BCUT2D eigenvalue weighted by Crippen LogP contribution is 2.16. The van der Waals surface area contributed by atoms with Gasteiger partial charge in [-0.2, -0.15) is 0 Å². The number of hydrogen-bond donors (Lipinski definition) is 2. The van der Waals surface area contributed by atoms with Gasteiger partial charge in [-0.25, -0.2) is 4.79 Å². The first-order valence-corrected chi connectivity index (χ1v) is 6.27. The number of aliphatic carboxylic acids is 1. The van der Waals surface area contributed by atoms with E-state index in [1.54, 1.807) is 6.92 Å². The SMILES string of the molecule is CC[C@H](NC(=O)CCC1CCCCO1)C(=O)O. The molecule has 17 heavy (non-hydrogen) atoms. The maximum Gasteiger partial charge on any atom is 0.326 e. The molecule has 1 saturated heterocycles. The predicted octanol–water partition coefficient (Wildman–Crippen LogP) is 1.32. The third kappa shape index (κ3) is 5.17. The van der Waals surface area contributed by atoms with Crippen molar-refractivity contribution >= 4 is 11.9 Å². The molecule has 0 aliphatic carbocycles. The smallest absolute Gasteiger partial charge is 0.326 e. The van der Waals surface area contributed by atoms with Gasteiger partial charge in [0.25, 0.3) is 0 Å². The first-order valence-electron chi connectivity index (χ1n) is 6.27. The van der Waals surface area contributed by atoms with Crippen LogP contribution in [0.15, 0.2) is 0 Å². The van der Waals surface area contributed by atoms with Crippen LogP contribution >= 0.6 is 0 Å². The van der Waals surface area contributed by atoms with Gasteiger partial charge in [-0.3, -0.25) is 4.79 Å². The Morgan fingerprint density at radius 3 is 2.76 bits per heavy atom. The van der Waals surface area contributed by atoms with Gasteiger partial charge in [0.15, 0.2) is 0 Å². The summed E-state index contributed by atoms with van der Waals surface area (Å²) in [6.07, 6.45) is 4.85. The van der Waals surface area contributed by atoms with Crippen LogP contribution in [0.3, 0.4) is 0 Å². The largest absolute Gasteiger partial charge is 0.480 e. The summed E-state index contributed by atoms with van der Waals surface area (Å²) in [5, 5.41) is 11.3. The number of rotatable bonds is 6. The molecule has 1 rings (SSSR count). The van der Waals surface area contributed by atoms with Crippen molar-refractivity contribution in [1.29, 1.82) is 0 Å². The molecule has 0 radical (unpaired) electrons. The summed E-state index contributed by atoms with van der Waals surface area (Å²) < 4.78 is 5.51. The zero-order valence-electron chi connectivity index (χ0n) is 10.3. The number of carbonyl (C=O) groups is 2. The number of hydrogen-bond acceptors (Lipinski definition) is 3. The van der Waals surface area contributed by atoms with Gasteiger partial charge in [-0.1, -0.05) is 6.92 Å². The summed E-state index contributed by atoms with van der Waals surface area (Å²) in [6.45, 7) is 2.52. The molecule has 0 aromatic rings. The van der Waals surface area contributed by atoms with Gasteiger partial charge >= 0.3 is 5.97 Å². The first-order chi connectivity index (χ1) is 8.13. The Morgan fingerprint density at radius 2 is 2.24 bits per heavy atom. The van der Waals surface area contributed by atoms with E-state index >= 15 is 0 Å².